The number of amides is 1. The molecule has 3 nitrogen and oxygen atoms in total. The van der Waals surface area contributed by atoms with Gasteiger partial charge in [0.1, 0.15) is 0 Å². The van der Waals surface area contributed by atoms with Gasteiger partial charge in [0, 0.05) is 12.4 Å². The molecule has 1 aromatic heterocycles. The van der Waals surface area contributed by atoms with Crippen LogP contribution in [-0.4, -0.2) is 10.9 Å². The monoisotopic (exact) mass is 282 g/mol. The fourth-order valence-electron chi connectivity index (χ4n) is 2.47. The fourth-order valence-corrected chi connectivity index (χ4v) is 2.47. The molecule has 1 N–H and O–H groups in total. The van der Waals surface area contributed by atoms with Gasteiger partial charge in [0.05, 0.1) is 12.0 Å². The van der Waals surface area contributed by atoms with Crippen LogP contribution < -0.4 is 5.32 Å². The van der Waals surface area contributed by atoms with E-state index in [4.69, 9.17) is 0 Å². The van der Waals surface area contributed by atoms with Crippen LogP contribution in [0.3, 0.4) is 0 Å². The topological polar surface area (TPSA) is 42.0 Å². The van der Waals surface area contributed by atoms with E-state index in [1.54, 1.807) is 12.4 Å². The summed E-state index contributed by atoms with van der Waals surface area (Å²) < 4.78 is 0. The lowest BCUT2D eigenvalue weighted by atomic mass is 9.93. The van der Waals surface area contributed by atoms with Crippen LogP contribution in [0.4, 0.5) is 0 Å². The van der Waals surface area contributed by atoms with Crippen molar-refractivity contribution in [2.24, 2.45) is 0 Å². The smallest absolute Gasteiger partial charge is 0.228 e. The number of rotatable bonds is 6. The zero-order valence-corrected chi connectivity index (χ0v) is 12.6. The number of nitrogens with one attached hydrogen (secondary N) is 1. The van der Waals surface area contributed by atoms with Gasteiger partial charge in [0.25, 0.3) is 0 Å². The molecule has 0 radical (unpaired) electrons. The van der Waals surface area contributed by atoms with Crippen molar-refractivity contribution in [3.63, 3.8) is 0 Å². The van der Waals surface area contributed by atoms with Crippen molar-refractivity contribution in [2.45, 2.75) is 38.6 Å². The zero-order chi connectivity index (χ0) is 15.1. The van der Waals surface area contributed by atoms with Gasteiger partial charge in [0.15, 0.2) is 0 Å². The second kappa shape index (κ2) is 7.58. The van der Waals surface area contributed by atoms with Gasteiger partial charge in [-0.05, 0) is 36.6 Å². The molecule has 0 aliphatic rings. The number of carbonyl (C=O) groups excluding carboxylic acids is 1. The Bertz CT molecular complexity index is 554. The lowest BCUT2D eigenvalue weighted by Crippen LogP contribution is -2.31. The van der Waals surface area contributed by atoms with E-state index < -0.39 is 0 Å². The lowest BCUT2D eigenvalue weighted by molar-refractivity contribution is -0.123. The number of hydrogen-bond acceptors (Lipinski definition) is 2. The average molecular weight is 282 g/mol. The molecule has 0 saturated carbocycles. The molecule has 2 rings (SSSR count). The van der Waals surface area contributed by atoms with Gasteiger partial charge in [-0.1, -0.05) is 43.7 Å². The number of aromatic nitrogens is 1. The molecule has 0 aliphatic heterocycles. The van der Waals surface area contributed by atoms with Crippen molar-refractivity contribution in [1.29, 1.82) is 0 Å². The SMILES string of the molecule is CCCC(C(=O)NC(C)c1ccncc1)c1ccccc1. The Labute approximate surface area is 126 Å². The highest BCUT2D eigenvalue weighted by molar-refractivity contribution is 5.84. The van der Waals surface area contributed by atoms with E-state index in [-0.39, 0.29) is 17.9 Å². The number of nitrogens with zero attached hydrogens (tertiary/aromatic N) is 1. The van der Waals surface area contributed by atoms with E-state index in [1.165, 1.54) is 0 Å². The molecule has 0 aliphatic carbocycles. The number of hydrogen-bond donors (Lipinski definition) is 1. The minimum absolute atomic E-state index is 0.0106. The van der Waals surface area contributed by atoms with E-state index in [2.05, 4.69) is 17.2 Å². The van der Waals surface area contributed by atoms with Crippen LogP contribution in [0.2, 0.25) is 0 Å². The van der Waals surface area contributed by atoms with Crippen molar-refractivity contribution in [3.05, 3.63) is 66.0 Å². The van der Waals surface area contributed by atoms with Crippen molar-refractivity contribution >= 4 is 5.91 Å². The zero-order valence-electron chi connectivity index (χ0n) is 12.6. The van der Waals surface area contributed by atoms with Gasteiger partial charge in [-0.25, -0.2) is 0 Å². The quantitative estimate of drug-likeness (QED) is 0.874. The molecule has 1 aromatic carbocycles. The Morgan fingerprint density at radius 1 is 1.10 bits per heavy atom. The van der Waals surface area contributed by atoms with Crippen LogP contribution >= 0.6 is 0 Å². The average Bonchev–Trinajstić information content (AvgIpc) is 2.54. The Kier molecular flexibility index (Phi) is 5.50. The summed E-state index contributed by atoms with van der Waals surface area (Å²) in [6, 6.07) is 13.8. The largest absolute Gasteiger partial charge is 0.349 e. The van der Waals surface area contributed by atoms with Crippen molar-refractivity contribution in [1.82, 2.24) is 10.3 Å². The first-order chi connectivity index (χ1) is 10.2. The molecule has 0 spiro atoms. The minimum Gasteiger partial charge on any atom is -0.349 e. The minimum atomic E-state index is -0.0829. The number of carbonyl (C=O) groups is 1. The van der Waals surface area contributed by atoms with Crippen LogP contribution in [0.5, 0.6) is 0 Å². The molecule has 21 heavy (non-hydrogen) atoms. The fraction of sp³-hybridized carbons (Fsp3) is 0.333. The molecule has 1 amide bonds. The normalized spacial score (nSPS) is 13.4. The first-order valence-corrected chi connectivity index (χ1v) is 7.47. The van der Waals surface area contributed by atoms with Gasteiger partial charge < -0.3 is 5.32 Å². The van der Waals surface area contributed by atoms with Crippen LogP contribution in [0.1, 0.15) is 49.8 Å². The molecule has 2 aromatic rings. The molecule has 110 valence electrons. The highest BCUT2D eigenvalue weighted by Crippen LogP contribution is 2.23. The van der Waals surface area contributed by atoms with Crippen LogP contribution in [0.15, 0.2) is 54.9 Å². The summed E-state index contributed by atoms with van der Waals surface area (Å²) in [5.74, 6) is 0.00727. The summed E-state index contributed by atoms with van der Waals surface area (Å²) in [4.78, 5) is 16.6. The summed E-state index contributed by atoms with van der Waals surface area (Å²) in [7, 11) is 0. The van der Waals surface area contributed by atoms with Crippen LogP contribution in [-0.2, 0) is 4.79 Å². The van der Waals surface area contributed by atoms with Crippen molar-refractivity contribution < 1.29 is 4.79 Å². The first-order valence-electron chi connectivity index (χ1n) is 7.47. The van der Waals surface area contributed by atoms with Gasteiger partial charge in [-0.15, -0.1) is 0 Å². The standard InChI is InChI=1S/C18H22N2O/c1-3-7-17(16-8-5-4-6-9-16)18(21)20-14(2)15-10-12-19-13-11-15/h4-6,8-14,17H,3,7H2,1-2H3,(H,20,21). The molecular weight excluding hydrogens is 260 g/mol. The summed E-state index contributed by atoms with van der Waals surface area (Å²) in [6.45, 7) is 4.11. The Balaban J connectivity index is 2.09. The maximum absolute atomic E-state index is 12.6. The van der Waals surface area contributed by atoms with E-state index >= 15 is 0 Å². The lowest BCUT2D eigenvalue weighted by Gasteiger charge is -2.20. The second-order valence-corrected chi connectivity index (χ2v) is 5.26. The summed E-state index contributed by atoms with van der Waals surface area (Å²) in [5.41, 5.74) is 2.15. The molecule has 0 bridgehead atoms. The van der Waals surface area contributed by atoms with Gasteiger partial charge >= 0.3 is 0 Å². The van der Waals surface area contributed by atoms with E-state index in [0.717, 1.165) is 24.0 Å². The molecule has 3 heteroatoms. The molecular formula is C18H22N2O. The van der Waals surface area contributed by atoms with Crippen LogP contribution in [0.25, 0.3) is 0 Å². The van der Waals surface area contributed by atoms with Crippen molar-refractivity contribution in [2.75, 3.05) is 0 Å². The van der Waals surface area contributed by atoms with Crippen LogP contribution in [0, 0.1) is 0 Å². The van der Waals surface area contributed by atoms with Gasteiger partial charge in [-0.2, -0.15) is 0 Å². The van der Waals surface area contributed by atoms with E-state index in [0.29, 0.717) is 0 Å². The summed E-state index contributed by atoms with van der Waals surface area (Å²) in [5, 5.41) is 3.11. The van der Waals surface area contributed by atoms with E-state index in [9.17, 15) is 4.79 Å². The Morgan fingerprint density at radius 3 is 2.38 bits per heavy atom. The number of pyridine rings is 1. The molecule has 1 heterocycles. The molecule has 2 unspecified atom stereocenters. The first kappa shape index (κ1) is 15.2. The predicted molar refractivity (Wildman–Crippen MR) is 84.9 cm³/mol. The molecule has 0 saturated heterocycles. The third kappa shape index (κ3) is 4.15. The Morgan fingerprint density at radius 2 is 1.76 bits per heavy atom. The maximum atomic E-state index is 12.6. The Hall–Kier alpha value is -2.16. The number of benzene rings is 1. The maximum Gasteiger partial charge on any atom is 0.228 e. The highest BCUT2D eigenvalue weighted by atomic mass is 16.1. The predicted octanol–water partition coefficient (Wildman–Crippen LogP) is 3.84. The highest BCUT2D eigenvalue weighted by Gasteiger charge is 2.21. The summed E-state index contributed by atoms with van der Waals surface area (Å²) in [6.07, 6.45) is 5.34. The summed E-state index contributed by atoms with van der Waals surface area (Å²) >= 11 is 0. The van der Waals surface area contributed by atoms with Crippen molar-refractivity contribution in [3.8, 4) is 0 Å². The molecule has 2 atom stereocenters. The van der Waals surface area contributed by atoms with E-state index in [1.807, 2.05) is 49.4 Å². The molecule has 0 fully saturated rings. The second-order valence-electron chi connectivity index (χ2n) is 5.26. The third-order valence-electron chi connectivity index (χ3n) is 3.66. The van der Waals surface area contributed by atoms with Gasteiger partial charge in [-0.3, -0.25) is 9.78 Å². The third-order valence-corrected chi connectivity index (χ3v) is 3.66. The van der Waals surface area contributed by atoms with Gasteiger partial charge in [0.2, 0.25) is 5.91 Å².